The Hall–Kier alpha value is -2.93. The lowest BCUT2D eigenvalue weighted by molar-refractivity contribution is -0.384. The van der Waals surface area contributed by atoms with E-state index < -0.39 is 16.9 Å². The second-order valence-corrected chi connectivity index (χ2v) is 5.79. The summed E-state index contributed by atoms with van der Waals surface area (Å²) in [6.45, 7) is 1.80. The second-order valence-electron chi connectivity index (χ2n) is 5.35. The van der Waals surface area contributed by atoms with Crippen LogP contribution < -0.4 is 10.6 Å². The van der Waals surface area contributed by atoms with Crippen molar-refractivity contribution >= 4 is 29.1 Å². The van der Waals surface area contributed by atoms with Crippen LogP contribution in [0.25, 0.3) is 0 Å². The van der Waals surface area contributed by atoms with Crippen molar-refractivity contribution in [3.63, 3.8) is 0 Å². The zero-order valence-corrected chi connectivity index (χ0v) is 14.1. The monoisotopic (exact) mass is 361 g/mol. The van der Waals surface area contributed by atoms with Gasteiger partial charge in [-0.05, 0) is 30.7 Å². The van der Waals surface area contributed by atoms with Crippen LogP contribution in [0, 0.1) is 10.1 Å². The molecule has 0 radical (unpaired) electrons. The fourth-order valence-electron chi connectivity index (χ4n) is 2.10. The Morgan fingerprint density at radius 3 is 2.60 bits per heavy atom. The number of nitro benzene ring substituents is 1. The molecular weight excluding hydrogens is 346 g/mol. The van der Waals surface area contributed by atoms with Crippen molar-refractivity contribution < 1.29 is 14.5 Å². The van der Waals surface area contributed by atoms with Crippen LogP contribution in [0.3, 0.4) is 0 Å². The molecule has 2 aromatic carbocycles. The summed E-state index contributed by atoms with van der Waals surface area (Å²) in [5.41, 5.74) is 0.757. The van der Waals surface area contributed by atoms with Gasteiger partial charge in [-0.15, -0.1) is 0 Å². The molecule has 0 spiro atoms. The number of nitrogens with zero attached hydrogens (tertiary/aromatic N) is 1. The first-order valence-corrected chi connectivity index (χ1v) is 7.82. The molecule has 0 fully saturated rings. The molecule has 130 valence electrons. The molecule has 0 unspecified atom stereocenters. The Labute approximate surface area is 149 Å². The molecule has 7 nitrogen and oxygen atoms in total. The van der Waals surface area contributed by atoms with E-state index in [2.05, 4.69) is 10.6 Å². The molecule has 25 heavy (non-hydrogen) atoms. The topological polar surface area (TPSA) is 101 Å². The Kier molecular flexibility index (Phi) is 6.08. The van der Waals surface area contributed by atoms with Gasteiger partial charge in [-0.1, -0.05) is 29.8 Å². The molecule has 0 heterocycles. The van der Waals surface area contributed by atoms with E-state index in [9.17, 15) is 19.7 Å². The summed E-state index contributed by atoms with van der Waals surface area (Å²) < 4.78 is 0. The molecule has 2 rings (SSSR count). The molecule has 0 aliphatic carbocycles. The number of non-ortho nitro benzene ring substituents is 1. The molecule has 0 bridgehead atoms. The number of halogens is 1. The Morgan fingerprint density at radius 1 is 1.20 bits per heavy atom. The Morgan fingerprint density at radius 2 is 1.92 bits per heavy atom. The van der Waals surface area contributed by atoms with E-state index in [1.165, 1.54) is 25.1 Å². The maximum atomic E-state index is 12.1. The van der Waals surface area contributed by atoms with Crippen LogP contribution in [0.1, 0.15) is 22.8 Å². The first-order chi connectivity index (χ1) is 11.9. The van der Waals surface area contributed by atoms with Crippen molar-refractivity contribution in [3.05, 3.63) is 74.8 Å². The third-order valence-corrected chi connectivity index (χ3v) is 3.65. The van der Waals surface area contributed by atoms with Crippen molar-refractivity contribution in [2.45, 2.75) is 19.5 Å². The number of benzene rings is 2. The second kappa shape index (κ2) is 8.25. The van der Waals surface area contributed by atoms with Gasteiger partial charge >= 0.3 is 0 Å². The SMILES string of the molecule is C[C@H](NC(=O)c1cccc([N+](=O)[O-])c1)C(=O)NCc1cccc(Cl)c1. The highest BCUT2D eigenvalue weighted by Crippen LogP contribution is 2.13. The molecule has 0 aliphatic heterocycles. The molecule has 0 aliphatic rings. The lowest BCUT2D eigenvalue weighted by Gasteiger charge is -2.14. The van der Waals surface area contributed by atoms with E-state index in [-0.39, 0.29) is 23.7 Å². The third-order valence-electron chi connectivity index (χ3n) is 3.42. The standard InChI is InChI=1S/C17H16ClN3O4/c1-11(16(22)19-10-12-4-2-6-14(18)8-12)20-17(23)13-5-3-7-15(9-13)21(24)25/h2-9,11H,10H2,1H3,(H,19,22)(H,20,23)/t11-/m0/s1. The number of amides is 2. The summed E-state index contributed by atoms with van der Waals surface area (Å²) >= 11 is 5.88. The lowest BCUT2D eigenvalue weighted by atomic mass is 10.1. The number of hydrogen-bond acceptors (Lipinski definition) is 4. The van der Waals surface area contributed by atoms with E-state index in [0.29, 0.717) is 5.02 Å². The molecule has 2 aromatic rings. The van der Waals surface area contributed by atoms with Gasteiger partial charge in [-0.3, -0.25) is 19.7 Å². The highest BCUT2D eigenvalue weighted by molar-refractivity contribution is 6.30. The minimum absolute atomic E-state index is 0.115. The smallest absolute Gasteiger partial charge is 0.270 e. The van der Waals surface area contributed by atoms with Crippen molar-refractivity contribution in [2.24, 2.45) is 0 Å². The maximum absolute atomic E-state index is 12.1. The first-order valence-electron chi connectivity index (χ1n) is 7.44. The van der Waals surface area contributed by atoms with Crippen LogP contribution in [0.15, 0.2) is 48.5 Å². The number of rotatable bonds is 6. The van der Waals surface area contributed by atoms with Gasteiger partial charge in [0.15, 0.2) is 0 Å². The van der Waals surface area contributed by atoms with Crippen LogP contribution >= 0.6 is 11.6 Å². The average molecular weight is 362 g/mol. The molecular formula is C17H16ClN3O4. The summed E-state index contributed by atoms with van der Waals surface area (Å²) in [4.78, 5) is 34.4. The van der Waals surface area contributed by atoms with E-state index in [1.54, 1.807) is 18.2 Å². The maximum Gasteiger partial charge on any atom is 0.270 e. The van der Waals surface area contributed by atoms with Crippen LogP contribution in [0.2, 0.25) is 5.02 Å². The van der Waals surface area contributed by atoms with Crippen LogP contribution in [-0.2, 0) is 11.3 Å². The minimum atomic E-state index is -0.800. The number of carbonyl (C=O) groups excluding carboxylic acids is 2. The normalized spacial score (nSPS) is 11.4. The molecule has 1 atom stereocenters. The quantitative estimate of drug-likeness (QED) is 0.610. The van der Waals surface area contributed by atoms with Crippen LogP contribution in [-0.4, -0.2) is 22.8 Å². The van der Waals surface area contributed by atoms with Crippen molar-refractivity contribution in [1.29, 1.82) is 0 Å². The summed E-state index contributed by atoms with van der Waals surface area (Å²) in [6.07, 6.45) is 0. The Balaban J connectivity index is 1.93. The zero-order chi connectivity index (χ0) is 18.4. The van der Waals surface area contributed by atoms with Gasteiger partial charge in [0.1, 0.15) is 6.04 Å². The van der Waals surface area contributed by atoms with Crippen molar-refractivity contribution in [3.8, 4) is 0 Å². The number of hydrogen-bond donors (Lipinski definition) is 2. The number of carbonyl (C=O) groups is 2. The van der Waals surface area contributed by atoms with Gasteiger partial charge < -0.3 is 10.6 Å². The molecule has 2 N–H and O–H groups in total. The predicted molar refractivity (Wildman–Crippen MR) is 93.3 cm³/mol. The van der Waals surface area contributed by atoms with Gasteiger partial charge in [-0.2, -0.15) is 0 Å². The number of nitrogens with one attached hydrogen (secondary N) is 2. The minimum Gasteiger partial charge on any atom is -0.350 e. The number of nitro groups is 1. The molecule has 0 aromatic heterocycles. The fraction of sp³-hybridized carbons (Fsp3) is 0.176. The van der Waals surface area contributed by atoms with Crippen LogP contribution in [0.5, 0.6) is 0 Å². The van der Waals surface area contributed by atoms with Crippen molar-refractivity contribution in [1.82, 2.24) is 10.6 Å². The zero-order valence-electron chi connectivity index (χ0n) is 13.4. The van der Waals surface area contributed by atoms with E-state index in [4.69, 9.17) is 11.6 Å². The largest absolute Gasteiger partial charge is 0.350 e. The van der Waals surface area contributed by atoms with Crippen LogP contribution in [0.4, 0.5) is 5.69 Å². The lowest BCUT2D eigenvalue weighted by Crippen LogP contribution is -2.44. The molecule has 2 amide bonds. The van der Waals surface area contributed by atoms with Gasteiger partial charge in [0.05, 0.1) is 4.92 Å². The molecule has 0 saturated heterocycles. The van der Waals surface area contributed by atoms with Gasteiger partial charge in [0.25, 0.3) is 11.6 Å². The van der Waals surface area contributed by atoms with Gasteiger partial charge in [-0.25, -0.2) is 0 Å². The van der Waals surface area contributed by atoms with Gasteiger partial charge in [0.2, 0.25) is 5.91 Å². The highest BCUT2D eigenvalue weighted by atomic mass is 35.5. The van der Waals surface area contributed by atoms with Crippen molar-refractivity contribution in [2.75, 3.05) is 0 Å². The highest BCUT2D eigenvalue weighted by Gasteiger charge is 2.18. The fourth-order valence-corrected chi connectivity index (χ4v) is 2.31. The summed E-state index contributed by atoms with van der Waals surface area (Å²) in [6, 6.07) is 11.6. The summed E-state index contributed by atoms with van der Waals surface area (Å²) in [7, 11) is 0. The van der Waals surface area contributed by atoms with E-state index in [0.717, 1.165) is 11.6 Å². The Bertz CT molecular complexity index is 810. The third kappa shape index (κ3) is 5.29. The summed E-state index contributed by atoms with van der Waals surface area (Å²) in [5.74, 6) is -0.937. The molecule has 8 heteroatoms. The summed E-state index contributed by atoms with van der Waals surface area (Å²) in [5, 5.41) is 16.5. The van der Waals surface area contributed by atoms with Gasteiger partial charge in [0, 0.05) is 29.3 Å². The van der Waals surface area contributed by atoms with E-state index in [1.807, 2.05) is 6.07 Å². The average Bonchev–Trinajstić information content (AvgIpc) is 2.59. The first kappa shape index (κ1) is 18.4. The van der Waals surface area contributed by atoms with E-state index >= 15 is 0 Å². The molecule has 0 saturated carbocycles. The predicted octanol–water partition coefficient (Wildman–Crippen LogP) is 2.68.